The van der Waals surface area contributed by atoms with E-state index in [-0.39, 0.29) is 18.4 Å². The summed E-state index contributed by atoms with van der Waals surface area (Å²) < 4.78 is 0. The maximum absolute atomic E-state index is 12.1. The van der Waals surface area contributed by atoms with Gasteiger partial charge in [0.15, 0.2) is 0 Å². The molecule has 0 unspecified atom stereocenters. The Morgan fingerprint density at radius 2 is 1.95 bits per heavy atom. The molecule has 6 nitrogen and oxygen atoms in total. The highest BCUT2D eigenvalue weighted by Gasteiger charge is 2.22. The Morgan fingerprint density at radius 3 is 2.55 bits per heavy atom. The minimum Gasteiger partial charge on any atom is -0.339 e. The van der Waals surface area contributed by atoms with Crippen molar-refractivity contribution >= 4 is 11.8 Å². The molecule has 0 bridgehead atoms. The minimum absolute atomic E-state index is 0.00937. The number of hydrogen-bond acceptors (Lipinski definition) is 4. The second-order valence-corrected chi connectivity index (χ2v) is 5.06. The van der Waals surface area contributed by atoms with E-state index in [1.54, 1.807) is 31.4 Å². The molecule has 1 aliphatic heterocycles. The van der Waals surface area contributed by atoms with Crippen molar-refractivity contribution in [3.05, 3.63) is 30.1 Å². The average Bonchev–Trinajstić information content (AvgIpc) is 2.48. The summed E-state index contributed by atoms with van der Waals surface area (Å²) in [5.41, 5.74) is 0.362. The molecular weight excluding hydrogens is 256 g/mol. The van der Waals surface area contributed by atoms with E-state index >= 15 is 0 Å². The number of nitrogens with zero attached hydrogens (tertiary/aromatic N) is 4. The number of piperazine rings is 1. The number of pyridine rings is 1. The van der Waals surface area contributed by atoms with Crippen molar-refractivity contribution in [1.29, 1.82) is 0 Å². The molecule has 0 spiro atoms. The van der Waals surface area contributed by atoms with E-state index in [0.717, 1.165) is 26.2 Å². The summed E-state index contributed by atoms with van der Waals surface area (Å²) in [4.78, 5) is 33.7. The Labute approximate surface area is 119 Å². The molecule has 6 heteroatoms. The van der Waals surface area contributed by atoms with E-state index in [0.29, 0.717) is 5.69 Å². The first-order valence-electron chi connectivity index (χ1n) is 6.71. The second-order valence-electron chi connectivity index (χ2n) is 5.06. The van der Waals surface area contributed by atoms with Gasteiger partial charge in [-0.3, -0.25) is 14.6 Å². The molecule has 20 heavy (non-hydrogen) atoms. The topological polar surface area (TPSA) is 56.8 Å². The lowest BCUT2D eigenvalue weighted by molar-refractivity contribution is -0.133. The van der Waals surface area contributed by atoms with Gasteiger partial charge in [-0.15, -0.1) is 0 Å². The van der Waals surface area contributed by atoms with Crippen molar-refractivity contribution in [2.24, 2.45) is 0 Å². The molecule has 108 valence electrons. The van der Waals surface area contributed by atoms with Crippen molar-refractivity contribution in [1.82, 2.24) is 19.7 Å². The lowest BCUT2D eigenvalue weighted by Crippen LogP contribution is -2.50. The normalized spacial score (nSPS) is 16.0. The largest absolute Gasteiger partial charge is 0.339 e. The van der Waals surface area contributed by atoms with Gasteiger partial charge >= 0.3 is 0 Å². The molecule has 0 atom stereocenters. The standard InChI is InChI=1S/C14H20N4O2/c1-16-7-9-18(10-8-16)13(19)11-17(2)14(20)12-5-3-4-6-15-12/h3-6H,7-11H2,1-2H3. The maximum atomic E-state index is 12.1. The van der Waals surface area contributed by atoms with Crippen LogP contribution in [0.25, 0.3) is 0 Å². The molecule has 2 amide bonds. The van der Waals surface area contributed by atoms with Crippen molar-refractivity contribution < 1.29 is 9.59 Å². The van der Waals surface area contributed by atoms with Gasteiger partial charge in [0.25, 0.3) is 5.91 Å². The Balaban J connectivity index is 1.89. The fourth-order valence-electron chi connectivity index (χ4n) is 2.12. The van der Waals surface area contributed by atoms with Crippen LogP contribution >= 0.6 is 0 Å². The van der Waals surface area contributed by atoms with E-state index in [1.807, 2.05) is 11.9 Å². The monoisotopic (exact) mass is 276 g/mol. The number of aromatic nitrogens is 1. The minimum atomic E-state index is -0.229. The van der Waals surface area contributed by atoms with Gasteiger partial charge in [0.2, 0.25) is 5.91 Å². The highest BCUT2D eigenvalue weighted by molar-refractivity contribution is 5.94. The fourth-order valence-corrected chi connectivity index (χ4v) is 2.12. The summed E-state index contributed by atoms with van der Waals surface area (Å²) in [5, 5.41) is 0. The Bertz CT molecular complexity index is 469. The Morgan fingerprint density at radius 1 is 1.25 bits per heavy atom. The van der Waals surface area contributed by atoms with Gasteiger partial charge in [0.05, 0.1) is 6.54 Å². The van der Waals surface area contributed by atoms with Gasteiger partial charge in [-0.05, 0) is 19.2 Å². The summed E-state index contributed by atoms with van der Waals surface area (Å²) >= 11 is 0. The zero-order valence-electron chi connectivity index (χ0n) is 12.0. The van der Waals surface area contributed by atoms with E-state index < -0.39 is 0 Å². The molecule has 1 aliphatic rings. The molecule has 1 aromatic rings. The highest BCUT2D eigenvalue weighted by atomic mass is 16.2. The van der Waals surface area contributed by atoms with Crippen LogP contribution in [0.4, 0.5) is 0 Å². The van der Waals surface area contributed by atoms with E-state index in [2.05, 4.69) is 9.88 Å². The van der Waals surface area contributed by atoms with Gasteiger partial charge in [0, 0.05) is 39.4 Å². The predicted molar refractivity (Wildman–Crippen MR) is 75.3 cm³/mol. The first-order chi connectivity index (χ1) is 9.58. The van der Waals surface area contributed by atoms with Crippen LogP contribution in [0.2, 0.25) is 0 Å². The van der Waals surface area contributed by atoms with Crippen LogP contribution in [-0.4, -0.2) is 78.3 Å². The molecule has 0 saturated carbocycles. The third-order valence-corrected chi connectivity index (χ3v) is 3.46. The molecule has 2 rings (SSSR count). The lowest BCUT2D eigenvalue weighted by atomic mass is 10.3. The second kappa shape index (κ2) is 6.47. The van der Waals surface area contributed by atoms with Crippen molar-refractivity contribution in [2.75, 3.05) is 46.8 Å². The third kappa shape index (κ3) is 3.54. The van der Waals surface area contributed by atoms with Crippen LogP contribution in [0, 0.1) is 0 Å². The molecule has 0 N–H and O–H groups in total. The highest BCUT2D eigenvalue weighted by Crippen LogP contribution is 2.03. The number of carbonyl (C=O) groups excluding carboxylic acids is 2. The fraction of sp³-hybridized carbons (Fsp3) is 0.500. The van der Waals surface area contributed by atoms with Crippen molar-refractivity contribution in [3.63, 3.8) is 0 Å². The van der Waals surface area contributed by atoms with Crippen LogP contribution in [0.5, 0.6) is 0 Å². The quantitative estimate of drug-likeness (QED) is 0.775. The predicted octanol–water partition coefficient (Wildman–Crippen LogP) is -0.0724. The third-order valence-electron chi connectivity index (χ3n) is 3.46. The number of hydrogen-bond donors (Lipinski definition) is 0. The molecule has 1 aromatic heterocycles. The Hall–Kier alpha value is -1.95. The molecule has 2 heterocycles. The van der Waals surface area contributed by atoms with Gasteiger partial charge < -0.3 is 14.7 Å². The van der Waals surface area contributed by atoms with Crippen LogP contribution < -0.4 is 0 Å². The van der Waals surface area contributed by atoms with Gasteiger partial charge in [-0.1, -0.05) is 6.07 Å². The average molecular weight is 276 g/mol. The summed E-state index contributed by atoms with van der Waals surface area (Å²) in [6.45, 7) is 3.30. The molecule has 1 fully saturated rings. The lowest BCUT2D eigenvalue weighted by Gasteiger charge is -2.33. The zero-order valence-corrected chi connectivity index (χ0v) is 12.0. The number of carbonyl (C=O) groups is 2. The first kappa shape index (κ1) is 14.5. The van der Waals surface area contributed by atoms with Gasteiger partial charge in [0.1, 0.15) is 5.69 Å². The number of likely N-dealkylation sites (N-methyl/N-ethyl adjacent to an activating group) is 2. The molecular formula is C14H20N4O2. The van der Waals surface area contributed by atoms with E-state index in [9.17, 15) is 9.59 Å². The van der Waals surface area contributed by atoms with Crippen LogP contribution in [0.15, 0.2) is 24.4 Å². The summed E-state index contributed by atoms with van der Waals surface area (Å²) in [6, 6.07) is 5.17. The molecule has 1 saturated heterocycles. The smallest absolute Gasteiger partial charge is 0.272 e. The summed E-state index contributed by atoms with van der Waals surface area (Å²) in [7, 11) is 3.67. The molecule has 0 aromatic carbocycles. The first-order valence-corrected chi connectivity index (χ1v) is 6.71. The number of rotatable bonds is 3. The zero-order chi connectivity index (χ0) is 14.5. The SMILES string of the molecule is CN1CCN(C(=O)CN(C)C(=O)c2ccccn2)CC1. The van der Waals surface area contributed by atoms with E-state index in [4.69, 9.17) is 0 Å². The van der Waals surface area contributed by atoms with Gasteiger partial charge in [-0.25, -0.2) is 0 Å². The van der Waals surface area contributed by atoms with Crippen molar-refractivity contribution in [2.45, 2.75) is 0 Å². The number of amides is 2. The van der Waals surface area contributed by atoms with Crippen LogP contribution in [0.3, 0.4) is 0 Å². The summed E-state index contributed by atoms with van der Waals surface area (Å²) in [5.74, 6) is -0.238. The van der Waals surface area contributed by atoms with Crippen molar-refractivity contribution in [3.8, 4) is 0 Å². The van der Waals surface area contributed by atoms with Crippen LogP contribution in [0.1, 0.15) is 10.5 Å². The molecule has 0 aliphatic carbocycles. The van der Waals surface area contributed by atoms with Gasteiger partial charge in [-0.2, -0.15) is 0 Å². The summed E-state index contributed by atoms with van der Waals surface area (Å²) in [6.07, 6.45) is 1.57. The van der Waals surface area contributed by atoms with Crippen LogP contribution in [-0.2, 0) is 4.79 Å². The Kier molecular flexibility index (Phi) is 4.68. The van der Waals surface area contributed by atoms with E-state index in [1.165, 1.54) is 4.90 Å². The maximum Gasteiger partial charge on any atom is 0.272 e. The molecule has 0 radical (unpaired) electrons.